The number of ether oxygens (including phenoxy) is 2. The predicted octanol–water partition coefficient (Wildman–Crippen LogP) is 0.671. The summed E-state index contributed by atoms with van der Waals surface area (Å²) in [7, 11) is 0. The van der Waals surface area contributed by atoms with Gasteiger partial charge in [-0.05, 0) is 6.42 Å². The molecular weight excluding hydrogens is 184 g/mol. The lowest BCUT2D eigenvalue weighted by molar-refractivity contribution is -0.154. The zero-order chi connectivity index (χ0) is 11.0. The van der Waals surface area contributed by atoms with Crippen molar-refractivity contribution < 1.29 is 19.1 Å². The normalized spacial score (nSPS) is 8.57. The van der Waals surface area contributed by atoms with Crippen LogP contribution in [0.5, 0.6) is 0 Å². The predicted molar refractivity (Wildman–Crippen MR) is 48.2 cm³/mol. The minimum Gasteiger partial charge on any atom is -0.372 e. The summed E-state index contributed by atoms with van der Waals surface area (Å²) in [5.41, 5.74) is 0. The molecule has 0 N–H and O–H groups in total. The van der Waals surface area contributed by atoms with Gasteiger partial charge in [0.2, 0.25) is 0 Å². The van der Waals surface area contributed by atoms with Crippen molar-refractivity contribution in [2.45, 2.75) is 19.8 Å². The van der Waals surface area contributed by atoms with Crippen LogP contribution in [0.4, 0.5) is 0 Å². The molecule has 0 atom stereocenters. The van der Waals surface area contributed by atoms with Gasteiger partial charge in [0, 0.05) is 0 Å². The van der Waals surface area contributed by atoms with E-state index in [-0.39, 0.29) is 0 Å². The molecule has 0 aromatic heterocycles. The van der Waals surface area contributed by atoms with Crippen LogP contribution in [-0.2, 0) is 19.1 Å². The van der Waals surface area contributed by atoms with E-state index in [1.165, 1.54) is 0 Å². The standard InChI is InChI=1S/C10H10O4/c1-4-7-8(9(11)13-5-2)10(12)14-6-3/h2-3,8H,4,7H2,1H3. The molecule has 0 amide bonds. The summed E-state index contributed by atoms with van der Waals surface area (Å²) in [6, 6.07) is 0. The molecule has 0 rings (SSSR count). The van der Waals surface area contributed by atoms with Crippen molar-refractivity contribution >= 4 is 11.9 Å². The second kappa shape index (κ2) is 6.56. The Morgan fingerprint density at radius 2 is 1.64 bits per heavy atom. The highest BCUT2D eigenvalue weighted by molar-refractivity contribution is 5.95. The van der Waals surface area contributed by atoms with Crippen LogP contribution in [0.3, 0.4) is 0 Å². The van der Waals surface area contributed by atoms with E-state index in [1.54, 1.807) is 19.1 Å². The SMILES string of the molecule is C#COC(=O)C(CCC)C(=O)OC#C. The molecule has 0 heterocycles. The first kappa shape index (κ1) is 12.1. The third-order valence-electron chi connectivity index (χ3n) is 1.47. The van der Waals surface area contributed by atoms with Crippen molar-refractivity contribution in [2.75, 3.05) is 0 Å². The fraction of sp³-hybridized carbons (Fsp3) is 0.400. The van der Waals surface area contributed by atoms with Crippen LogP contribution < -0.4 is 0 Å². The van der Waals surface area contributed by atoms with Crippen LogP contribution in [0.15, 0.2) is 0 Å². The number of esters is 2. The average Bonchev–Trinajstić information content (AvgIpc) is 2.14. The van der Waals surface area contributed by atoms with Gasteiger partial charge in [-0.25, -0.2) is 0 Å². The number of terminal acetylenes is 2. The van der Waals surface area contributed by atoms with E-state index >= 15 is 0 Å². The summed E-state index contributed by atoms with van der Waals surface area (Å²) >= 11 is 0. The van der Waals surface area contributed by atoms with Gasteiger partial charge < -0.3 is 9.47 Å². The third-order valence-corrected chi connectivity index (χ3v) is 1.47. The number of rotatable bonds is 4. The third kappa shape index (κ3) is 3.64. The van der Waals surface area contributed by atoms with Crippen LogP contribution >= 0.6 is 0 Å². The van der Waals surface area contributed by atoms with Crippen molar-refractivity contribution in [3.8, 4) is 25.1 Å². The lowest BCUT2D eigenvalue weighted by Crippen LogP contribution is -2.26. The van der Waals surface area contributed by atoms with Gasteiger partial charge in [0.1, 0.15) is 12.2 Å². The highest BCUT2D eigenvalue weighted by Gasteiger charge is 2.28. The van der Waals surface area contributed by atoms with E-state index in [4.69, 9.17) is 12.8 Å². The van der Waals surface area contributed by atoms with Gasteiger partial charge in [-0.1, -0.05) is 26.2 Å². The monoisotopic (exact) mass is 194 g/mol. The maximum Gasteiger partial charge on any atom is 0.334 e. The summed E-state index contributed by atoms with van der Waals surface area (Å²) < 4.78 is 8.49. The van der Waals surface area contributed by atoms with E-state index in [2.05, 4.69) is 9.47 Å². The molecular formula is C10H10O4. The number of hydrogen-bond donors (Lipinski definition) is 0. The molecule has 0 radical (unpaired) electrons. The van der Waals surface area contributed by atoms with Crippen molar-refractivity contribution in [3.63, 3.8) is 0 Å². The van der Waals surface area contributed by atoms with E-state index in [9.17, 15) is 9.59 Å². The van der Waals surface area contributed by atoms with Gasteiger partial charge in [0.15, 0.2) is 5.92 Å². The Hall–Kier alpha value is -1.94. The molecule has 0 aliphatic rings. The van der Waals surface area contributed by atoms with Crippen molar-refractivity contribution in [2.24, 2.45) is 5.92 Å². The largest absolute Gasteiger partial charge is 0.372 e. The van der Waals surface area contributed by atoms with E-state index < -0.39 is 17.9 Å². The first-order chi connectivity index (χ1) is 6.67. The summed E-state index contributed by atoms with van der Waals surface area (Å²) in [6.45, 7) is 1.80. The molecule has 0 aliphatic heterocycles. The Morgan fingerprint density at radius 1 is 1.21 bits per heavy atom. The first-order valence-corrected chi connectivity index (χ1v) is 3.99. The van der Waals surface area contributed by atoms with Gasteiger partial charge in [-0.2, -0.15) is 0 Å². The zero-order valence-electron chi connectivity index (χ0n) is 7.78. The molecule has 0 unspecified atom stereocenters. The molecule has 0 aromatic carbocycles. The zero-order valence-corrected chi connectivity index (χ0v) is 7.78. The smallest absolute Gasteiger partial charge is 0.334 e. The Bertz CT molecular complexity index is 264. The highest BCUT2D eigenvalue weighted by Crippen LogP contribution is 2.10. The van der Waals surface area contributed by atoms with Gasteiger partial charge in [0.25, 0.3) is 0 Å². The summed E-state index contributed by atoms with van der Waals surface area (Å²) in [5, 5.41) is 0. The molecule has 0 aliphatic carbocycles. The summed E-state index contributed by atoms with van der Waals surface area (Å²) in [5.74, 6) is -2.66. The summed E-state index contributed by atoms with van der Waals surface area (Å²) in [6.07, 6.45) is 13.8. The maximum atomic E-state index is 11.1. The maximum absolute atomic E-state index is 11.1. The Balaban J connectivity index is 4.44. The molecule has 14 heavy (non-hydrogen) atoms. The van der Waals surface area contributed by atoms with Gasteiger partial charge >= 0.3 is 11.9 Å². The minimum absolute atomic E-state index is 0.293. The van der Waals surface area contributed by atoms with Crippen molar-refractivity contribution in [1.82, 2.24) is 0 Å². The second-order valence-corrected chi connectivity index (χ2v) is 2.42. The number of hydrogen-bond acceptors (Lipinski definition) is 4. The number of carbonyl (C=O) groups excluding carboxylic acids is 2. The summed E-state index contributed by atoms with van der Waals surface area (Å²) in [4.78, 5) is 22.2. The average molecular weight is 194 g/mol. The quantitative estimate of drug-likeness (QED) is 0.375. The molecule has 0 fully saturated rings. The topological polar surface area (TPSA) is 52.6 Å². The van der Waals surface area contributed by atoms with Crippen LogP contribution in [0.2, 0.25) is 0 Å². The van der Waals surface area contributed by atoms with Crippen LogP contribution in [0, 0.1) is 31.0 Å². The van der Waals surface area contributed by atoms with Crippen LogP contribution in [0.25, 0.3) is 0 Å². The molecule has 0 saturated carbocycles. The minimum atomic E-state index is -1.04. The second-order valence-electron chi connectivity index (χ2n) is 2.42. The van der Waals surface area contributed by atoms with E-state index in [0.29, 0.717) is 12.8 Å². The molecule has 0 spiro atoms. The Labute approximate surface area is 82.6 Å². The molecule has 4 nitrogen and oxygen atoms in total. The van der Waals surface area contributed by atoms with Crippen molar-refractivity contribution in [1.29, 1.82) is 0 Å². The number of carbonyl (C=O) groups is 2. The molecule has 0 saturated heterocycles. The van der Waals surface area contributed by atoms with Gasteiger partial charge in [-0.3, -0.25) is 9.59 Å². The van der Waals surface area contributed by atoms with Gasteiger partial charge in [0.05, 0.1) is 0 Å². The van der Waals surface area contributed by atoms with Gasteiger partial charge in [-0.15, -0.1) is 0 Å². The Kier molecular flexibility index (Phi) is 5.65. The van der Waals surface area contributed by atoms with Crippen molar-refractivity contribution in [3.05, 3.63) is 0 Å². The first-order valence-electron chi connectivity index (χ1n) is 3.99. The fourth-order valence-corrected chi connectivity index (χ4v) is 0.879. The van der Waals surface area contributed by atoms with Crippen LogP contribution in [-0.4, -0.2) is 11.9 Å². The molecule has 74 valence electrons. The molecule has 0 aromatic rings. The fourth-order valence-electron chi connectivity index (χ4n) is 0.879. The molecule has 4 heteroatoms. The highest BCUT2D eigenvalue weighted by atomic mass is 16.5. The van der Waals surface area contributed by atoms with Crippen LogP contribution in [0.1, 0.15) is 19.8 Å². The molecule has 0 bridgehead atoms. The lowest BCUT2D eigenvalue weighted by atomic mass is 10.0. The lowest BCUT2D eigenvalue weighted by Gasteiger charge is -2.08. The van der Waals surface area contributed by atoms with E-state index in [1.807, 2.05) is 0 Å². The van der Waals surface area contributed by atoms with E-state index in [0.717, 1.165) is 0 Å². The Morgan fingerprint density at radius 3 is 1.93 bits per heavy atom.